The molecule has 20 nitrogen and oxygen atoms in total. The van der Waals surface area contributed by atoms with E-state index >= 15 is 0 Å². The van der Waals surface area contributed by atoms with Crippen LogP contribution in [0.15, 0.2) is 414 Å². The van der Waals surface area contributed by atoms with Crippen LogP contribution in [0.5, 0.6) is 11.5 Å². The van der Waals surface area contributed by atoms with E-state index in [1.807, 2.05) is 249 Å². The molecule has 710 valence electrons. The van der Waals surface area contributed by atoms with E-state index in [2.05, 4.69) is 217 Å². The number of oxazole rings is 1. The van der Waals surface area contributed by atoms with Gasteiger partial charge in [0.25, 0.3) is 5.91 Å². The molecule has 0 bridgehead atoms. The van der Waals surface area contributed by atoms with E-state index in [4.69, 9.17) is 23.2 Å². The van der Waals surface area contributed by atoms with E-state index in [9.17, 15) is 19.8 Å². The maximum Gasteiger partial charge on any atom is 0.303 e. The first kappa shape index (κ1) is 94.7. The number of fused-ring (bicyclic) bond motifs is 9. The molecule has 0 spiro atoms. The van der Waals surface area contributed by atoms with E-state index in [0.717, 1.165) is 144 Å². The lowest BCUT2D eigenvalue weighted by molar-refractivity contribution is 0.0670. The summed E-state index contributed by atoms with van der Waals surface area (Å²) in [7, 11) is 2.11. The summed E-state index contributed by atoms with van der Waals surface area (Å²) in [5.74, 6) is 4.43. The lowest BCUT2D eigenvalue weighted by Gasteiger charge is -2.25. The van der Waals surface area contributed by atoms with E-state index in [1.165, 1.54) is 83.2 Å². The Labute approximate surface area is 833 Å². The van der Waals surface area contributed by atoms with Gasteiger partial charge in [-0.1, -0.05) is 194 Å². The van der Waals surface area contributed by atoms with Crippen molar-refractivity contribution in [3.05, 3.63) is 480 Å². The number of imidazole rings is 3. The highest BCUT2D eigenvalue weighted by molar-refractivity contribution is 8.07. The van der Waals surface area contributed by atoms with Crippen LogP contribution in [0.3, 0.4) is 0 Å². The number of carbonyl (C=O) groups excluding carboxylic acids is 2. The molecule has 25 rings (SSSR count). The summed E-state index contributed by atoms with van der Waals surface area (Å²) in [5, 5.41) is 22.6. The van der Waals surface area contributed by atoms with Gasteiger partial charge in [-0.05, 0) is 281 Å². The summed E-state index contributed by atoms with van der Waals surface area (Å²) in [4.78, 5) is 59.4. The summed E-state index contributed by atoms with van der Waals surface area (Å²) >= 11 is 1.97. The molecule has 12 heterocycles. The minimum absolute atomic E-state index is 0.0137. The van der Waals surface area contributed by atoms with Gasteiger partial charge in [-0.3, -0.25) is 24.0 Å². The number of aromatic amines is 2. The van der Waals surface area contributed by atoms with E-state index in [0.29, 0.717) is 37.0 Å². The van der Waals surface area contributed by atoms with Crippen molar-refractivity contribution in [2.45, 2.75) is 98.5 Å². The van der Waals surface area contributed by atoms with Gasteiger partial charge in [-0.2, -0.15) is 4.98 Å². The quantitative estimate of drug-likeness (QED) is 0.0551. The van der Waals surface area contributed by atoms with Gasteiger partial charge in [0.2, 0.25) is 5.78 Å². The fourth-order valence-corrected chi connectivity index (χ4v) is 19.5. The maximum absolute atomic E-state index is 12.8. The molecule has 1 aliphatic heterocycles. The Hall–Kier alpha value is -17.3. The fraction of sp³-hybridized carbons (Fsp3) is 0.139. The first-order chi connectivity index (χ1) is 69.9. The number of para-hydroxylation sites is 9. The molecule has 0 saturated carbocycles. The number of rotatable bonds is 19. The van der Waals surface area contributed by atoms with E-state index in [-0.39, 0.29) is 29.2 Å². The second-order valence-electron chi connectivity index (χ2n) is 36.0. The van der Waals surface area contributed by atoms with Crippen LogP contribution >= 0.6 is 11.8 Å². The van der Waals surface area contributed by atoms with Crippen molar-refractivity contribution < 1.29 is 33.1 Å². The summed E-state index contributed by atoms with van der Waals surface area (Å²) in [6, 6.07) is 115. The maximum atomic E-state index is 12.8. The molecule has 0 unspecified atom stereocenters. The Kier molecular flexibility index (Phi) is 29.0. The third-order valence-corrected chi connectivity index (χ3v) is 27.0. The largest absolute Gasteiger partial charge is 0.508 e. The number of aromatic nitrogens is 11. The number of phenolic OH excluding ortho intramolecular Hbond substituents is 2. The summed E-state index contributed by atoms with van der Waals surface area (Å²) in [5.41, 5.74) is 30.7. The number of aromatic hydroxyl groups is 2. The van der Waals surface area contributed by atoms with Crippen molar-refractivity contribution >= 4 is 112 Å². The number of H-pyrrole nitrogens is 2. The molecule has 1 aliphatic carbocycles. The molecule has 0 atom stereocenters. The number of phenols is 2. The number of ketones is 1. The highest BCUT2D eigenvalue weighted by atomic mass is 32.2. The molecular weight excluding hydrogens is 1790 g/mol. The zero-order valence-corrected chi connectivity index (χ0v) is 81.5. The second-order valence-corrected chi connectivity index (χ2v) is 37.0. The SMILES string of the molecule is CC1=C(SCc2ccccc2)c2ccccc2C1.Cc1ccc(CN(C(=O)c2cc3ccccc3[nH]2)C(C)C)o1.Cc1cccc2c1CCN2c1nc2ccccc2o1.Cc1cccn2cc(-c3c[nH]c4ccccc34)nc12.Cn1cc(CCc2ccncc2)c2ccccc21.O=C(Cc1ccc(-n2cnc3ccccc32)cc1)c1ccco1.Oc1ccc(Cn2c(-c3ccc(O)cc3)nc3ccccc32)cc1. The van der Waals surface area contributed by atoms with Crippen LogP contribution < -0.4 is 4.90 Å². The third-order valence-electron chi connectivity index (χ3n) is 25.7. The number of nitrogens with zero attached hydrogens (tertiary/aromatic N) is 11. The molecule has 4 N–H and O–H groups in total. The number of hydrogen-bond donors (Lipinski definition) is 4. The van der Waals surface area contributed by atoms with Gasteiger partial charge in [0.15, 0.2) is 11.3 Å². The summed E-state index contributed by atoms with van der Waals surface area (Å²) < 4.78 is 25.1. The van der Waals surface area contributed by atoms with Gasteiger partial charge in [0.05, 0.1) is 40.6 Å². The number of pyridine rings is 2. The number of benzene rings is 12. The minimum atomic E-state index is -0.0177. The van der Waals surface area contributed by atoms with Gasteiger partial charge in [-0.25, -0.2) is 15.0 Å². The van der Waals surface area contributed by atoms with Gasteiger partial charge >= 0.3 is 6.01 Å². The Morgan fingerprint density at radius 2 is 1.24 bits per heavy atom. The predicted molar refractivity (Wildman–Crippen MR) is 577 cm³/mol. The number of thioether (sulfide) groups is 1. The lowest BCUT2D eigenvalue weighted by Crippen LogP contribution is -2.36. The first-order valence-corrected chi connectivity index (χ1v) is 49.0. The summed E-state index contributed by atoms with van der Waals surface area (Å²) in [6.45, 7) is 14.5. The van der Waals surface area contributed by atoms with Crippen LogP contribution in [-0.4, -0.2) is 92.4 Å². The Morgan fingerprint density at radius 3 is 1.99 bits per heavy atom. The molecule has 23 aromatic rings. The number of allylic oxidation sites excluding steroid dienone is 1. The Balaban J connectivity index is 0.000000106. The van der Waals surface area contributed by atoms with Crippen molar-refractivity contribution in [1.29, 1.82) is 0 Å². The fourth-order valence-electron chi connectivity index (χ4n) is 18.3. The van der Waals surface area contributed by atoms with Crippen LogP contribution in [0.25, 0.3) is 105 Å². The van der Waals surface area contributed by atoms with Crippen molar-refractivity contribution in [3.8, 4) is 39.8 Å². The second kappa shape index (κ2) is 43.8. The highest BCUT2D eigenvalue weighted by Gasteiger charge is 2.27. The molecule has 12 aromatic carbocycles. The molecule has 11 aromatic heterocycles. The predicted octanol–water partition coefficient (Wildman–Crippen LogP) is 28.2. The number of anilines is 2. The zero-order valence-electron chi connectivity index (χ0n) is 80.7. The highest BCUT2D eigenvalue weighted by Crippen LogP contribution is 2.43. The number of amides is 1. The minimum Gasteiger partial charge on any atom is -0.508 e. The smallest absolute Gasteiger partial charge is 0.303 e. The average Bonchev–Trinajstić information content (AvgIpc) is 1.63. The van der Waals surface area contributed by atoms with Crippen LogP contribution in [0.2, 0.25) is 0 Å². The zero-order chi connectivity index (χ0) is 98.2. The molecule has 1 amide bonds. The van der Waals surface area contributed by atoms with Crippen molar-refractivity contribution in [2.24, 2.45) is 7.05 Å². The van der Waals surface area contributed by atoms with Gasteiger partial charge < -0.3 is 51.9 Å². The molecule has 21 heteroatoms. The molecular formula is C122H109N13O7S. The standard InChI is InChI=1S/C20H16N2O2.C19H14N2O2.C18H20N2O2.C17H16S.C16H13N3.C16H14N2O.C16H16N2/c23-16-9-5-14(6-10-16)13-22-19-4-2-1-3-18(19)21-20(22)15-7-11-17(24)12-8-15;22-18(19-6-3-11-23-19)12-14-7-9-15(10-8-14)21-13-20-16-4-1-2-5-17(16)21;1-12(2)20(11-15-9-8-13(3)22-15)18(21)17-10-14-6-4-5-7-16(14)19-17;1-13-11-15-9-5-6-10-16(15)17(13)18-12-14-7-3-2-4-8-14;1-11-5-4-8-19-10-15(18-16(11)19)13-9-17-14-7-3-2-6-12(13)14;1-11-5-4-7-14-12(11)9-10-18(14)16-17-13-6-2-3-8-15(13)19-16;1-18-12-14(15-4-2-3-5-16(15)18)7-6-13-8-10-17-11-9-13/h1-12,23-24H,13H2;1-11,13H,12H2;4-10,12,19H,11H2,1-3H3;2-10H,11-12H2,1H3;2-10,17H,1H3;2-8H,9-10H2,1H3;2-5,8-12H,6-7H2,1H3. The van der Waals surface area contributed by atoms with E-state index in [1.54, 1.807) is 36.4 Å². The van der Waals surface area contributed by atoms with Crippen molar-refractivity contribution in [3.63, 3.8) is 0 Å². The number of carbonyl (C=O) groups is 2. The van der Waals surface area contributed by atoms with Crippen LogP contribution in [-0.2, 0) is 58.0 Å². The van der Waals surface area contributed by atoms with Crippen LogP contribution in [0.1, 0.15) is 109 Å². The number of furan rings is 2. The molecule has 0 radical (unpaired) electrons. The molecule has 2 aliphatic rings. The lowest BCUT2D eigenvalue weighted by atomic mass is 10.0. The Bertz CT molecular complexity index is 8280. The third kappa shape index (κ3) is 22.2. The van der Waals surface area contributed by atoms with E-state index < -0.39 is 0 Å². The van der Waals surface area contributed by atoms with Crippen LogP contribution in [0.4, 0.5) is 11.7 Å². The number of nitrogens with one attached hydrogen (secondary N) is 2. The van der Waals surface area contributed by atoms with Crippen molar-refractivity contribution in [1.82, 2.24) is 57.9 Å². The molecule has 143 heavy (non-hydrogen) atoms. The molecule has 0 saturated heterocycles. The number of aryl methyl sites for hydroxylation is 6. The molecule has 0 fully saturated rings. The van der Waals surface area contributed by atoms with Gasteiger partial charge in [0.1, 0.15) is 52.0 Å². The topological polar surface area (TPSA) is 236 Å². The van der Waals surface area contributed by atoms with Crippen LogP contribution in [0, 0.1) is 20.8 Å². The van der Waals surface area contributed by atoms with Gasteiger partial charge in [0, 0.05) is 136 Å². The first-order valence-electron chi connectivity index (χ1n) is 48.0. The Morgan fingerprint density at radius 1 is 0.559 bits per heavy atom. The number of hydrogen-bond acceptors (Lipinski definition) is 14. The van der Waals surface area contributed by atoms with Crippen molar-refractivity contribution in [2.75, 3.05) is 11.4 Å². The normalized spacial score (nSPS) is 11.8. The average molecular weight is 1900 g/mol. The monoisotopic (exact) mass is 1900 g/mol. The van der Waals surface area contributed by atoms with Gasteiger partial charge in [-0.15, -0.1) is 11.8 Å². The summed E-state index contributed by atoms with van der Waals surface area (Å²) in [6.07, 6.45) is 20.1. The number of Topliss-reactive ketones (excluding diaryl/α,β-unsaturated/α-hetero) is 1.